The number of carbonyl (C=O) groups is 1. The van der Waals surface area contributed by atoms with E-state index in [1.54, 1.807) is 7.11 Å². The van der Waals surface area contributed by atoms with E-state index in [0.717, 1.165) is 41.7 Å². The molecule has 1 N–H and O–H groups in total. The molecule has 0 bridgehead atoms. The van der Waals surface area contributed by atoms with Gasteiger partial charge in [-0.05, 0) is 47.8 Å². The first-order chi connectivity index (χ1) is 9.67. The number of ether oxygens (including phenoxy) is 2. The van der Waals surface area contributed by atoms with Gasteiger partial charge in [-0.3, -0.25) is 4.79 Å². The van der Waals surface area contributed by atoms with E-state index in [-0.39, 0.29) is 5.97 Å². The lowest BCUT2D eigenvalue weighted by Gasteiger charge is -2.10. The van der Waals surface area contributed by atoms with Crippen molar-refractivity contribution in [2.24, 2.45) is 0 Å². The zero-order chi connectivity index (χ0) is 14.8. The molecule has 0 spiro atoms. The average Bonchev–Trinajstić information content (AvgIpc) is 2.44. The first-order valence-electron chi connectivity index (χ1n) is 6.90. The Labute approximate surface area is 129 Å². The first kappa shape index (κ1) is 16.8. The lowest BCUT2D eigenvalue weighted by Crippen LogP contribution is -2.05. The Hall–Kier alpha value is -1.23. The Kier molecular flexibility index (Phi) is 8.11. The zero-order valence-corrected chi connectivity index (χ0v) is 13.7. The zero-order valence-electron chi connectivity index (χ0n) is 12.1. The summed E-state index contributed by atoms with van der Waals surface area (Å²) in [7, 11) is 1.66. The molecular weight excluding hydrogens is 322 g/mol. The largest absolute Gasteiger partial charge is 0.497 e. The van der Waals surface area contributed by atoms with Crippen LogP contribution in [-0.4, -0.2) is 26.2 Å². The average molecular weight is 344 g/mol. The number of hydrogen-bond acceptors (Lipinski definition) is 4. The summed E-state index contributed by atoms with van der Waals surface area (Å²) in [5.74, 6) is 0.731. The smallest absolute Gasteiger partial charge is 0.305 e. The number of nitrogens with one attached hydrogen (secondary N) is 1. The Balaban J connectivity index is 2.19. The molecule has 112 valence electrons. The Morgan fingerprint density at radius 2 is 2.10 bits per heavy atom. The molecule has 0 amide bonds. The summed E-state index contributed by atoms with van der Waals surface area (Å²) in [6.45, 7) is 3.16. The third-order valence-electron chi connectivity index (χ3n) is 2.85. The Morgan fingerprint density at radius 3 is 2.80 bits per heavy atom. The van der Waals surface area contributed by atoms with Gasteiger partial charge in [-0.2, -0.15) is 0 Å². The van der Waals surface area contributed by atoms with Crippen LogP contribution >= 0.6 is 15.9 Å². The van der Waals surface area contributed by atoms with Crippen molar-refractivity contribution in [2.45, 2.75) is 32.6 Å². The molecule has 0 saturated heterocycles. The molecule has 5 heteroatoms. The summed E-state index contributed by atoms with van der Waals surface area (Å²) in [5, 5.41) is 3.36. The molecule has 0 aliphatic carbocycles. The predicted octanol–water partition coefficient (Wildman–Crippen LogP) is 3.99. The van der Waals surface area contributed by atoms with Crippen LogP contribution in [-0.2, 0) is 9.53 Å². The van der Waals surface area contributed by atoms with Crippen LogP contribution in [0.5, 0.6) is 5.75 Å². The first-order valence-corrected chi connectivity index (χ1v) is 7.69. The highest BCUT2D eigenvalue weighted by atomic mass is 79.9. The van der Waals surface area contributed by atoms with E-state index in [2.05, 4.69) is 21.2 Å². The van der Waals surface area contributed by atoms with E-state index in [1.165, 1.54) is 0 Å². The Morgan fingerprint density at radius 1 is 1.30 bits per heavy atom. The van der Waals surface area contributed by atoms with Gasteiger partial charge < -0.3 is 14.8 Å². The number of halogens is 1. The number of anilines is 1. The summed E-state index contributed by atoms with van der Waals surface area (Å²) in [6.07, 6.45) is 3.41. The summed E-state index contributed by atoms with van der Waals surface area (Å²) in [4.78, 5) is 11.2. The predicted molar refractivity (Wildman–Crippen MR) is 84.3 cm³/mol. The lowest BCUT2D eigenvalue weighted by atomic mass is 10.2. The van der Waals surface area contributed by atoms with Gasteiger partial charge in [-0.25, -0.2) is 0 Å². The number of esters is 1. The van der Waals surface area contributed by atoms with E-state index >= 15 is 0 Å². The maximum absolute atomic E-state index is 11.2. The van der Waals surface area contributed by atoms with E-state index in [9.17, 15) is 4.79 Å². The SMILES string of the molecule is CCOC(=O)CCCCCNc1cc(OC)ccc1Br. The van der Waals surface area contributed by atoms with Gasteiger partial charge in [-0.1, -0.05) is 6.42 Å². The highest BCUT2D eigenvalue weighted by Gasteiger charge is 2.03. The normalized spacial score (nSPS) is 10.2. The molecule has 1 aromatic carbocycles. The van der Waals surface area contributed by atoms with Crippen molar-refractivity contribution in [1.82, 2.24) is 0 Å². The van der Waals surface area contributed by atoms with Crippen LogP contribution in [0.1, 0.15) is 32.6 Å². The van der Waals surface area contributed by atoms with Gasteiger partial charge in [0.15, 0.2) is 0 Å². The number of methoxy groups -OCH3 is 1. The quantitative estimate of drug-likeness (QED) is 0.543. The van der Waals surface area contributed by atoms with Crippen molar-refractivity contribution in [2.75, 3.05) is 25.6 Å². The molecule has 0 unspecified atom stereocenters. The fourth-order valence-corrected chi connectivity index (χ4v) is 2.18. The van der Waals surface area contributed by atoms with Crippen LogP contribution in [0, 0.1) is 0 Å². The number of rotatable bonds is 9. The minimum absolute atomic E-state index is 0.101. The van der Waals surface area contributed by atoms with Crippen molar-refractivity contribution in [3.63, 3.8) is 0 Å². The molecule has 0 fully saturated rings. The number of benzene rings is 1. The second-order valence-electron chi connectivity index (χ2n) is 4.39. The van der Waals surface area contributed by atoms with Crippen LogP contribution in [0.25, 0.3) is 0 Å². The van der Waals surface area contributed by atoms with Gasteiger partial charge in [0.25, 0.3) is 0 Å². The van der Waals surface area contributed by atoms with Crippen molar-refractivity contribution >= 4 is 27.6 Å². The summed E-state index contributed by atoms with van der Waals surface area (Å²) in [6, 6.07) is 5.83. The van der Waals surface area contributed by atoms with Crippen molar-refractivity contribution < 1.29 is 14.3 Å². The molecule has 20 heavy (non-hydrogen) atoms. The molecule has 4 nitrogen and oxygen atoms in total. The molecule has 0 heterocycles. The fraction of sp³-hybridized carbons (Fsp3) is 0.533. The molecule has 0 aromatic heterocycles. The van der Waals surface area contributed by atoms with Gasteiger partial charge in [0.05, 0.1) is 19.4 Å². The topological polar surface area (TPSA) is 47.6 Å². The second kappa shape index (κ2) is 9.64. The highest BCUT2D eigenvalue weighted by Crippen LogP contribution is 2.27. The number of carbonyl (C=O) groups excluding carboxylic acids is 1. The van der Waals surface area contributed by atoms with Crippen LogP contribution < -0.4 is 10.1 Å². The van der Waals surface area contributed by atoms with Gasteiger partial charge in [0, 0.05) is 23.5 Å². The van der Waals surface area contributed by atoms with Crippen molar-refractivity contribution in [3.8, 4) is 5.75 Å². The summed E-state index contributed by atoms with van der Waals surface area (Å²) in [5.41, 5.74) is 1.02. The van der Waals surface area contributed by atoms with Crippen LogP contribution in [0.3, 0.4) is 0 Å². The van der Waals surface area contributed by atoms with Crippen LogP contribution in [0.2, 0.25) is 0 Å². The molecule has 0 atom stereocenters. The maximum atomic E-state index is 11.2. The van der Waals surface area contributed by atoms with Gasteiger partial charge in [-0.15, -0.1) is 0 Å². The molecule has 1 aromatic rings. The van der Waals surface area contributed by atoms with E-state index in [4.69, 9.17) is 9.47 Å². The minimum Gasteiger partial charge on any atom is -0.497 e. The Bertz CT molecular complexity index is 424. The standard InChI is InChI=1S/C15H22BrNO3/c1-3-20-15(18)7-5-4-6-10-17-14-11-12(19-2)8-9-13(14)16/h8-9,11,17H,3-7,10H2,1-2H3. The molecule has 0 aliphatic rings. The van der Waals surface area contributed by atoms with Crippen molar-refractivity contribution in [3.05, 3.63) is 22.7 Å². The van der Waals surface area contributed by atoms with E-state index < -0.39 is 0 Å². The van der Waals surface area contributed by atoms with Gasteiger partial charge in [0.1, 0.15) is 5.75 Å². The summed E-state index contributed by atoms with van der Waals surface area (Å²) < 4.78 is 11.1. The second-order valence-corrected chi connectivity index (χ2v) is 5.24. The van der Waals surface area contributed by atoms with E-state index in [1.807, 2.05) is 25.1 Å². The number of hydrogen-bond donors (Lipinski definition) is 1. The monoisotopic (exact) mass is 343 g/mol. The fourth-order valence-electron chi connectivity index (χ4n) is 1.79. The third-order valence-corrected chi connectivity index (χ3v) is 3.54. The summed E-state index contributed by atoms with van der Waals surface area (Å²) >= 11 is 3.50. The van der Waals surface area contributed by atoms with Gasteiger partial charge in [0.2, 0.25) is 0 Å². The molecule has 0 radical (unpaired) electrons. The number of unbranched alkanes of at least 4 members (excludes halogenated alkanes) is 2. The van der Waals surface area contributed by atoms with Crippen LogP contribution in [0.4, 0.5) is 5.69 Å². The highest BCUT2D eigenvalue weighted by molar-refractivity contribution is 9.10. The molecule has 0 saturated carbocycles. The maximum Gasteiger partial charge on any atom is 0.305 e. The third kappa shape index (κ3) is 6.28. The van der Waals surface area contributed by atoms with E-state index in [0.29, 0.717) is 13.0 Å². The van der Waals surface area contributed by atoms with Crippen LogP contribution in [0.15, 0.2) is 22.7 Å². The lowest BCUT2D eigenvalue weighted by molar-refractivity contribution is -0.143. The van der Waals surface area contributed by atoms with Gasteiger partial charge >= 0.3 is 5.97 Å². The molecule has 1 rings (SSSR count). The van der Waals surface area contributed by atoms with Crippen molar-refractivity contribution in [1.29, 1.82) is 0 Å². The molecular formula is C15H22BrNO3. The molecule has 0 aliphatic heterocycles. The minimum atomic E-state index is -0.101.